The summed E-state index contributed by atoms with van der Waals surface area (Å²) in [6.45, 7) is 1.20. The standard InChI is InChI=1S/C25H30BrCl2N3O4S/c1-17(25(33)29-21-6-4-3-5-7-21)30(15-18-8-11-20(27)14-23(18)28)24(32)16-31(36(2,34)35)22-12-9-19(26)10-13-22/h8-14,17,21H,3-7,15-16H2,1-2H3,(H,29,33)/t17-/m1/s1. The summed E-state index contributed by atoms with van der Waals surface area (Å²) in [5, 5.41) is 3.86. The van der Waals surface area contributed by atoms with Crippen LogP contribution in [0.4, 0.5) is 5.69 Å². The monoisotopic (exact) mass is 617 g/mol. The molecule has 0 bridgehead atoms. The van der Waals surface area contributed by atoms with Gasteiger partial charge in [0.2, 0.25) is 21.8 Å². The fourth-order valence-corrected chi connectivity index (χ4v) is 5.79. The summed E-state index contributed by atoms with van der Waals surface area (Å²) >= 11 is 15.7. The maximum Gasteiger partial charge on any atom is 0.244 e. The van der Waals surface area contributed by atoms with Crippen LogP contribution in [0.2, 0.25) is 10.0 Å². The molecule has 0 aliphatic heterocycles. The van der Waals surface area contributed by atoms with E-state index in [1.165, 1.54) is 4.90 Å². The van der Waals surface area contributed by atoms with Crippen molar-refractivity contribution in [2.75, 3.05) is 17.1 Å². The number of amides is 2. The third kappa shape index (κ3) is 7.84. The summed E-state index contributed by atoms with van der Waals surface area (Å²) in [5.41, 5.74) is 0.944. The predicted molar refractivity (Wildman–Crippen MR) is 148 cm³/mol. The van der Waals surface area contributed by atoms with Crippen molar-refractivity contribution in [3.63, 3.8) is 0 Å². The van der Waals surface area contributed by atoms with Gasteiger partial charge < -0.3 is 10.2 Å². The second-order valence-electron chi connectivity index (χ2n) is 9.02. The molecule has 1 N–H and O–H groups in total. The number of halogens is 3. The lowest BCUT2D eigenvalue weighted by molar-refractivity contribution is -0.139. The summed E-state index contributed by atoms with van der Waals surface area (Å²) < 4.78 is 27.0. The van der Waals surface area contributed by atoms with Crippen LogP contribution in [0, 0.1) is 0 Å². The molecule has 7 nitrogen and oxygen atoms in total. The van der Waals surface area contributed by atoms with Crippen LogP contribution in [-0.4, -0.2) is 50.0 Å². The zero-order chi connectivity index (χ0) is 26.5. The number of carbonyl (C=O) groups excluding carboxylic acids is 2. The Labute approximate surface area is 231 Å². The Morgan fingerprint density at radius 3 is 2.31 bits per heavy atom. The molecule has 0 radical (unpaired) electrons. The first-order valence-corrected chi connectivity index (χ1v) is 15.1. The number of rotatable bonds is 9. The molecule has 0 aromatic heterocycles. The van der Waals surface area contributed by atoms with E-state index in [4.69, 9.17) is 23.2 Å². The quantitative estimate of drug-likeness (QED) is 0.408. The molecule has 1 aliphatic carbocycles. The van der Waals surface area contributed by atoms with E-state index in [2.05, 4.69) is 21.2 Å². The van der Waals surface area contributed by atoms with E-state index >= 15 is 0 Å². The molecule has 0 saturated heterocycles. The van der Waals surface area contributed by atoms with Crippen molar-refractivity contribution in [2.24, 2.45) is 0 Å². The highest BCUT2D eigenvalue weighted by Gasteiger charge is 2.31. The first-order valence-electron chi connectivity index (χ1n) is 11.7. The summed E-state index contributed by atoms with van der Waals surface area (Å²) in [5.74, 6) is -0.810. The van der Waals surface area contributed by atoms with E-state index < -0.39 is 28.5 Å². The third-order valence-corrected chi connectivity index (χ3v) is 8.52. The van der Waals surface area contributed by atoms with Crippen LogP contribution in [0.1, 0.15) is 44.6 Å². The van der Waals surface area contributed by atoms with Gasteiger partial charge in [-0.1, -0.05) is 64.5 Å². The average Bonchev–Trinajstić information content (AvgIpc) is 2.82. The first kappa shape index (κ1) is 28.8. The van der Waals surface area contributed by atoms with Gasteiger partial charge >= 0.3 is 0 Å². The van der Waals surface area contributed by atoms with Gasteiger partial charge in [-0.2, -0.15) is 0 Å². The van der Waals surface area contributed by atoms with Crippen LogP contribution in [-0.2, 0) is 26.2 Å². The average molecular weight is 619 g/mol. The molecule has 0 heterocycles. The molecule has 11 heteroatoms. The lowest BCUT2D eigenvalue weighted by Crippen LogP contribution is -2.53. The fraction of sp³-hybridized carbons (Fsp3) is 0.440. The highest BCUT2D eigenvalue weighted by atomic mass is 79.9. The Kier molecular flexibility index (Phi) is 10.1. The number of benzene rings is 2. The molecule has 1 fully saturated rings. The van der Waals surface area contributed by atoms with Gasteiger partial charge in [-0.15, -0.1) is 0 Å². The Morgan fingerprint density at radius 1 is 1.08 bits per heavy atom. The number of anilines is 1. The molecular weight excluding hydrogens is 589 g/mol. The number of nitrogens with zero attached hydrogens (tertiary/aromatic N) is 2. The normalized spacial score (nSPS) is 15.2. The van der Waals surface area contributed by atoms with Gasteiger partial charge in [0.25, 0.3) is 0 Å². The minimum Gasteiger partial charge on any atom is -0.352 e. The van der Waals surface area contributed by atoms with E-state index in [9.17, 15) is 18.0 Å². The van der Waals surface area contributed by atoms with E-state index in [0.717, 1.165) is 47.1 Å². The molecule has 0 spiro atoms. The lowest BCUT2D eigenvalue weighted by Gasteiger charge is -2.33. The van der Waals surface area contributed by atoms with Crippen LogP contribution in [0.25, 0.3) is 0 Å². The zero-order valence-electron chi connectivity index (χ0n) is 20.2. The SMILES string of the molecule is C[C@H](C(=O)NC1CCCCC1)N(Cc1ccc(Cl)cc1Cl)C(=O)CN(c1ccc(Br)cc1)S(C)(=O)=O. The van der Waals surface area contributed by atoms with Crippen LogP contribution in [0.5, 0.6) is 0 Å². The van der Waals surface area contributed by atoms with Crippen molar-refractivity contribution >= 4 is 66.7 Å². The van der Waals surface area contributed by atoms with Gasteiger partial charge in [0.1, 0.15) is 12.6 Å². The van der Waals surface area contributed by atoms with Crippen LogP contribution < -0.4 is 9.62 Å². The second kappa shape index (κ2) is 12.6. The van der Waals surface area contributed by atoms with Crippen molar-refractivity contribution in [2.45, 2.75) is 57.7 Å². The van der Waals surface area contributed by atoms with Crippen molar-refractivity contribution in [1.82, 2.24) is 10.2 Å². The largest absolute Gasteiger partial charge is 0.352 e. The topological polar surface area (TPSA) is 86.8 Å². The number of hydrogen-bond donors (Lipinski definition) is 1. The molecule has 3 rings (SSSR count). The third-order valence-electron chi connectivity index (χ3n) is 6.27. The fourth-order valence-electron chi connectivity index (χ4n) is 4.21. The van der Waals surface area contributed by atoms with Gasteiger partial charge in [0.05, 0.1) is 11.9 Å². The van der Waals surface area contributed by atoms with Crippen molar-refractivity contribution in [1.29, 1.82) is 0 Å². The molecule has 1 aliphatic rings. The maximum absolute atomic E-state index is 13.6. The zero-order valence-corrected chi connectivity index (χ0v) is 24.1. The van der Waals surface area contributed by atoms with Gasteiger partial charge in [-0.05, 0) is 61.7 Å². The Morgan fingerprint density at radius 2 is 1.72 bits per heavy atom. The first-order chi connectivity index (χ1) is 17.0. The Balaban J connectivity index is 1.89. The Bertz CT molecular complexity index is 1190. The van der Waals surface area contributed by atoms with Crippen LogP contribution in [0.3, 0.4) is 0 Å². The summed E-state index contributed by atoms with van der Waals surface area (Å²) in [6, 6.07) is 10.8. The van der Waals surface area contributed by atoms with Crippen molar-refractivity contribution < 1.29 is 18.0 Å². The molecule has 1 saturated carbocycles. The van der Waals surface area contributed by atoms with Gasteiger partial charge in [-0.25, -0.2) is 8.42 Å². The van der Waals surface area contributed by atoms with Crippen molar-refractivity contribution in [3.05, 3.63) is 62.5 Å². The van der Waals surface area contributed by atoms with E-state index in [0.29, 0.717) is 21.3 Å². The van der Waals surface area contributed by atoms with Crippen molar-refractivity contribution in [3.8, 4) is 0 Å². The van der Waals surface area contributed by atoms with Gasteiger partial charge in [-0.3, -0.25) is 13.9 Å². The molecule has 36 heavy (non-hydrogen) atoms. The van der Waals surface area contributed by atoms with Crippen LogP contribution >= 0.6 is 39.1 Å². The minimum atomic E-state index is -3.79. The smallest absolute Gasteiger partial charge is 0.244 e. The molecule has 2 amide bonds. The molecule has 2 aromatic carbocycles. The number of carbonyl (C=O) groups is 2. The molecule has 2 aromatic rings. The summed E-state index contributed by atoms with van der Waals surface area (Å²) in [7, 11) is -3.79. The van der Waals surface area contributed by atoms with E-state index in [1.807, 2.05) is 0 Å². The lowest BCUT2D eigenvalue weighted by atomic mass is 9.95. The second-order valence-corrected chi connectivity index (χ2v) is 12.7. The van der Waals surface area contributed by atoms with E-state index in [-0.39, 0.29) is 18.5 Å². The predicted octanol–water partition coefficient (Wildman–Crippen LogP) is 5.39. The summed E-state index contributed by atoms with van der Waals surface area (Å²) in [4.78, 5) is 28.2. The molecular formula is C25H30BrCl2N3O4S. The number of sulfonamides is 1. The number of hydrogen-bond acceptors (Lipinski definition) is 4. The minimum absolute atomic E-state index is 0.0199. The highest BCUT2D eigenvalue weighted by molar-refractivity contribution is 9.10. The Hall–Kier alpha value is -1.81. The van der Waals surface area contributed by atoms with Gasteiger partial charge in [0, 0.05) is 27.1 Å². The maximum atomic E-state index is 13.6. The molecule has 0 unspecified atom stereocenters. The summed E-state index contributed by atoms with van der Waals surface area (Å²) in [6.07, 6.45) is 6.11. The van der Waals surface area contributed by atoms with Gasteiger partial charge in [0.15, 0.2) is 0 Å². The number of nitrogens with one attached hydrogen (secondary N) is 1. The highest BCUT2D eigenvalue weighted by Crippen LogP contribution is 2.25. The molecule has 1 atom stereocenters. The molecule has 196 valence electrons. The van der Waals surface area contributed by atoms with Crippen LogP contribution in [0.15, 0.2) is 46.9 Å². The van der Waals surface area contributed by atoms with E-state index in [1.54, 1.807) is 49.4 Å².